The van der Waals surface area contributed by atoms with Crippen LogP contribution in [0.4, 0.5) is 5.69 Å². The first-order valence-corrected chi connectivity index (χ1v) is 10.1. The summed E-state index contributed by atoms with van der Waals surface area (Å²) < 4.78 is 0. The smallest absolute Gasteiger partial charge is 0.0675 e. The van der Waals surface area contributed by atoms with E-state index in [2.05, 4.69) is 78.0 Å². The first kappa shape index (κ1) is 19.3. The molecule has 2 aromatic carbocycles. The van der Waals surface area contributed by atoms with E-state index in [1.54, 1.807) is 0 Å². The minimum atomic E-state index is 0.831. The lowest BCUT2D eigenvalue weighted by Gasteiger charge is -2.29. The van der Waals surface area contributed by atoms with Crippen LogP contribution in [0.3, 0.4) is 0 Å². The monoisotopic (exact) mass is 364 g/mol. The number of nitrogens with zero attached hydrogens (tertiary/aromatic N) is 1. The van der Waals surface area contributed by atoms with Crippen LogP contribution in [-0.4, -0.2) is 26.7 Å². The lowest BCUT2D eigenvalue weighted by molar-refractivity contribution is 0.609. The topological polar surface area (TPSA) is 53.3 Å². The summed E-state index contributed by atoms with van der Waals surface area (Å²) in [4.78, 5) is 2.30. The molecule has 0 saturated carbocycles. The van der Waals surface area contributed by atoms with Crippen LogP contribution in [0.5, 0.6) is 0 Å². The second-order valence-electron chi connectivity index (χ2n) is 7.20. The molecule has 4 heteroatoms. The largest absolute Gasteiger partial charge is 0.397 e. The fraction of sp³-hybridized carbons (Fsp3) is 0.391. The highest BCUT2D eigenvalue weighted by atomic mass is 15.1. The van der Waals surface area contributed by atoms with Crippen LogP contribution in [0.1, 0.15) is 42.9 Å². The van der Waals surface area contributed by atoms with Gasteiger partial charge in [-0.2, -0.15) is 0 Å². The van der Waals surface area contributed by atoms with E-state index < -0.39 is 0 Å². The van der Waals surface area contributed by atoms with Crippen molar-refractivity contribution in [3.63, 3.8) is 0 Å². The average Bonchev–Trinajstić information content (AvgIpc) is 2.69. The number of nitrogens with one attached hydrogen (secondary N) is 2. The molecule has 0 aliphatic carbocycles. The van der Waals surface area contributed by atoms with Gasteiger partial charge in [0.2, 0.25) is 0 Å². The summed E-state index contributed by atoms with van der Waals surface area (Å²) >= 11 is 0. The molecule has 1 heterocycles. The predicted molar refractivity (Wildman–Crippen MR) is 116 cm³/mol. The predicted octanol–water partition coefficient (Wildman–Crippen LogP) is 3.79. The molecule has 4 N–H and O–H groups in total. The van der Waals surface area contributed by atoms with Gasteiger partial charge in [0.15, 0.2) is 0 Å². The second-order valence-corrected chi connectivity index (χ2v) is 7.20. The number of rotatable bonds is 8. The number of hydrogen-bond acceptors (Lipinski definition) is 4. The van der Waals surface area contributed by atoms with Crippen molar-refractivity contribution >= 4 is 17.1 Å². The molecule has 0 unspecified atom stereocenters. The Balaban J connectivity index is 1.84. The van der Waals surface area contributed by atoms with Crippen LogP contribution in [0, 0.1) is 0 Å². The van der Waals surface area contributed by atoms with E-state index in [1.807, 2.05) is 0 Å². The molecular formula is C23H32N4. The van der Waals surface area contributed by atoms with Crippen molar-refractivity contribution in [1.29, 1.82) is 0 Å². The molecule has 0 bridgehead atoms. The fourth-order valence-corrected chi connectivity index (χ4v) is 3.65. The number of anilines is 1. The zero-order valence-corrected chi connectivity index (χ0v) is 16.6. The fourth-order valence-electron chi connectivity index (χ4n) is 3.65. The van der Waals surface area contributed by atoms with Gasteiger partial charge in [-0.05, 0) is 24.6 Å². The quantitative estimate of drug-likeness (QED) is 0.624. The molecule has 2 aromatic rings. The van der Waals surface area contributed by atoms with Gasteiger partial charge in [-0.25, -0.2) is 0 Å². The van der Waals surface area contributed by atoms with Crippen LogP contribution in [0.15, 0.2) is 48.5 Å². The molecule has 0 amide bonds. The highest BCUT2D eigenvalue weighted by Crippen LogP contribution is 2.33. The van der Waals surface area contributed by atoms with Gasteiger partial charge < -0.3 is 21.3 Å². The number of fused-ring (bicyclic) bond motifs is 2. The number of nitrogens with two attached hydrogens (primary N) is 1. The lowest BCUT2D eigenvalue weighted by atomic mass is 9.96. The summed E-state index contributed by atoms with van der Waals surface area (Å²) in [5.41, 5.74) is 13.3. The Labute approximate surface area is 163 Å². The van der Waals surface area contributed by atoms with E-state index in [1.165, 1.54) is 30.5 Å². The van der Waals surface area contributed by atoms with E-state index in [-0.39, 0.29) is 0 Å². The third-order valence-corrected chi connectivity index (χ3v) is 5.13. The van der Waals surface area contributed by atoms with Gasteiger partial charge in [-0.15, -0.1) is 0 Å². The maximum Gasteiger partial charge on any atom is 0.0675 e. The van der Waals surface area contributed by atoms with Crippen molar-refractivity contribution in [2.24, 2.45) is 5.73 Å². The van der Waals surface area contributed by atoms with Gasteiger partial charge in [0.1, 0.15) is 0 Å². The third kappa shape index (κ3) is 4.64. The normalized spacial score (nSPS) is 16.3. The Bertz CT molecular complexity index is 781. The maximum absolute atomic E-state index is 6.68. The van der Waals surface area contributed by atoms with E-state index >= 15 is 0 Å². The summed E-state index contributed by atoms with van der Waals surface area (Å²) in [6.07, 6.45) is 3.78. The maximum atomic E-state index is 6.68. The van der Waals surface area contributed by atoms with E-state index in [9.17, 15) is 0 Å². The van der Waals surface area contributed by atoms with Crippen molar-refractivity contribution in [1.82, 2.24) is 10.6 Å². The Morgan fingerprint density at radius 2 is 1.67 bits per heavy atom. The Morgan fingerprint density at radius 1 is 0.926 bits per heavy atom. The standard InChI is InChI=1S/C23H32N4/c1-3-4-9-14-25-15-16-26-23-20-12-7-8-13-21(20)27(2)17-18-10-5-6-11-19(18)22(23)24/h5-8,10-13,25-26H,3-4,9,14-17,24H2,1-2H3/b23-22-. The van der Waals surface area contributed by atoms with Gasteiger partial charge in [0, 0.05) is 43.5 Å². The molecule has 0 atom stereocenters. The molecule has 0 fully saturated rings. The number of para-hydroxylation sites is 1. The van der Waals surface area contributed by atoms with E-state index in [4.69, 9.17) is 5.73 Å². The summed E-state index contributed by atoms with van der Waals surface area (Å²) in [6.45, 7) is 5.94. The van der Waals surface area contributed by atoms with Gasteiger partial charge in [-0.3, -0.25) is 0 Å². The zero-order valence-electron chi connectivity index (χ0n) is 16.6. The van der Waals surface area contributed by atoms with Crippen LogP contribution < -0.4 is 21.3 Å². The van der Waals surface area contributed by atoms with Gasteiger partial charge in [-0.1, -0.05) is 62.2 Å². The molecule has 0 saturated heterocycles. The van der Waals surface area contributed by atoms with Crippen LogP contribution >= 0.6 is 0 Å². The molecule has 1 aliphatic heterocycles. The Kier molecular flexibility index (Phi) is 6.77. The molecular weight excluding hydrogens is 332 g/mol. The highest BCUT2D eigenvalue weighted by molar-refractivity contribution is 5.93. The Hall–Kier alpha value is -2.46. The minimum absolute atomic E-state index is 0.831. The first-order chi connectivity index (χ1) is 13.2. The Morgan fingerprint density at radius 3 is 2.48 bits per heavy atom. The second kappa shape index (κ2) is 9.47. The van der Waals surface area contributed by atoms with Crippen molar-refractivity contribution in [2.45, 2.75) is 32.7 Å². The third-order valence-electron chi connectivity index (χ3n) is 5.13. The van der Waals surface area contributed by atoms with Crippen molar-refractivity contribution in [3.8, 4) is 0 Å². The summed E-state index contributed by atoms with van der Waals surface area (Å²) in [5.74, 6) is 0. The zero-order chi connectivity index (χ0) is 19.1. The molecule has 3 rings (SSSR count). The van der Waals surface area contributed by atoms with Gasteiger partial charge >= 0.3 is 0 Å². The summed E-state index contributed by atoms with van der Waals surface area (Å²) in [7, 11) is 2.14. The minimum Gasteiger partial charge on any atom is -0.397 e. The van der Waals surface area contributed by atoms with Crippen molar-refractivity contribution < 1.29 is 0 Å². The molecule has 1 aliphatic rings. The van der Waals surface area contributed by atoms with E-state index in [0.29, 0.717) is 0 Å². The number of unbranched alkanes of at least 4 members (excludes halogenated alkanes) is 2. The SMILES string of the molecule is CCCCCNCCN/C1=C(\N)c2ccccc2CN(C)c2ccccc21. The van der Waals surface area contributed by atoms with Crippen molar-refractivity contribution in [2.75, 3.05) is 31.6 Å². The van der Waals surface area contributed by atoms with Crippen LogP contribution in [-0.2, 0) is 6.54 Å². The number of hydrogen-bond donors (Lipinski definition) is 3. The summed E-state index contributed by atoms with van der Waals surface area (Å²) in [6, 6.07) is 16.9. The van der Waals surface area contributed by atoms with Crippen LogP contribution in [0.2, 0.25) is 0 Å². The van der Waals surface area contributed by atoms with Gasteiger partial charge in [0.25, 0.3) is 0 Å². The molecule has 4 nitrogen and oxygen atoms in total. The number of benzene rings is 2. The summed E-state index contributed by atoms with van der Waals surface area (Å²) in [5, 5.41) is 7.13. The van der Waals surface area contributed by atoms with Crippen LogP contribution in [0.25, 0.3) is 11.4 Å². The molecule has 0 spiro atoms. The highest BCUT2D eigenvalue weighted by Gasteiger charge is 2.20. The van der Waals surface area contributed by atoms with Crippen molar-refractivity contribution in [3.05, 3.63) is 65.2 Å². The molecule has 0 aromatic heterocycles. The average molecular weight is 365 g/mol. The van der Waals surface area contributed by atoms with E-state index in [0.717, 1.165) is 48.7 Å². The molecule has 144 valence electrons. The lowest BCUT2D eigenvalue weighted by Crippen LogP contribution is -2.30. The molecule has 0 radical (unpaired) electrons. The first-order valence-electron chi connectivity index (χ1n) is 10.1. The van der Waals surface area contributed by atoms with Gasteiger partial charge in [0.05, 0.1) is 11.4 Å². The molecule has 27 heavy (non-hydrogen) atoms.